The van der Waals surface area contributed by atoms with Crippen molar-refractivity contribution in [3.05, 3.63) is 0 Å². The van der Waals surface area contributed by atoms with E-state index in [-0.39, 0.29) is 12.5 Å². The molecular formula is C7H12N2O2S. The molecule has 1 aliphatic rings. The van der Waals surface area contributed by atoms with E-state index in [9.17, 15) is 4.79 Å². The minimum absolute atomic E-state index is 0.110. The summed E-state index contributed by atoms with van der Waals surface area (Å²) in [7, 11) is 1.36. The van der Waals surface area contributed by atoms with Crippen LogP contribution in [0.15, 0.2) is 4.99 Å². The zero-order chi connectivity index (χ0) is 8.97. The molecule has 1 heterocycles. The number of carbonyl (C=O) groups is 1. The number of esters is 1. The number of nitrogens with zero attached hydrogens (tertiary/aromatic N) is 1. The summed E-state index contributed by atoms with van der Waals surface area (Å²) in [5.41, 5.74) is 0. The maximum atomic E-state index is 10.7. The molecule has 0 saturated carbocycles. The van der Waals surface area contributed by atoms with Crippen molar-refractivity contribution in [2.24, 2.45) is 4.99 Å². The van der Waals surface area contributed by atoms with Crippen LogP contribution in [0.1, 0.15) is 6.92 Å². The Morgan fingerprint density at radius 2 is 2.67 bits per heavy atom. The zero-order valence-corrected chi connectivity index (χ0v) is 7.98. The largest absolute Gasteiger partial charge is 0.468 e. The Morgan fingerprint density at radius 1 is 1.92 bits per heavy atom. The fourth-order valence-corrected chi connectivity index (χ4v) is 1.72. The molecule has 0 spiro atoms. The Morgan fingerprint density at radius 3 is 3.17 bits per heavy atom. The van der Waals surface area contributed by atoms with Gasteiger partial charge in [-0.1, -0.05) is 11.8 Å². The smallest absolute Gasteiger partial charge is 0.327 e. The topological polar surface area (TPSA) is 50.7 Å². The van der Waals surface area contributed by atoms with Crippen molar-refractivity contribution >= 4 is 22.9 Å². The van der Waals surface area contributed by atoms with Gasteiger partial charge in [0.05, 0.1) is 7.11 Å². The molecule has 0 amide bonds. The minimum atomic E-state index is -0.301. The van der Waals surface area contributed by atoms with Crippen LogP contribution in [-0.2, 0) is 9.53 Å². The number of aliphatic imine (C=N–C) groups is 1. The third-order valence-electron chi connectivity index (χ3n) is 1.42. The summed E-state index contributed by atoms with van der Waals surface area (Å²) in [4.78, 5) is 14.7. The molecule has 0 aromatic heterocycles. The van der Waals surface area contributed by atoms with Gasteiger partial charge in [0.1, 0.15) is 6.54 Å². The van der Waals surface area contributed by atoms with Gasteiger partial charge in [-0.2, -0.15) is 0 Å². The molecule has 1 aliphatic heterocycles. The van der Waals surface area contributed by atoms with Crippen molar-refractivity contribution in [2.75, 3.05) is 19.4 Å². The summed E-state index contributed by atoms with van der Waals surface area (Å²) in [6, 6.07) is 0.450. The lowest BCUT2D eigenvalue weighted by molar-refractivity contribution is -0.138. The van der Waals surface area contributed by atoms with E-state index in [0.29, 0.717) is 6.04 Å². The molecule has 68 valence electrons. The highest BCUT2D eigenvalue weighted by molar-refractivity contribution is 8.14. The number of rotatable bonds is 2. The van der Waals surface area contributed by atoms with Gasteiger partial charge in [-0.05, 0) is 6.92 Å². The van der Waals surface area contributed by atoms with E-state index in [2.05, 4.69) is 22.0 Å². The molecule has 1 rings (SSSR count). The van der Waals surface area contributed by atoms with E-state index in [1.807, 2.05) is 0 Å². The first kappa shape index (κ1) is 9.38. The number of nitrogens with one attached hydrogen (secondary N) is 1. The summed E-state index contributed by atoms with van der Waals surface area (Å²) in [6.45, 7) is 2.19. The summed E-state index contributed by atoms with van der Waals surface area (Å²) >= 11 is 1.63. The lowest BCUT2D eigenvalue weighted by Gasteiger charge is -1.99. The predicted molar refractivity (Wildman–Crippen MR) is 49.4 cm³/mol. The predicted octanol–water partition coefficient (Wildman–Crippen LogP) is 0.240. The second kappa shape index (κ2) is 4.35. The van der Waals surface area contributed by atoms with Gasteiger partial charge in [0.15, 0.2) is 5.17 Å². The Kier molecular flexibility index (Phi) is 3.40. The van der Waals surface area contributed by atoms with Crippen LogP contribution in [0.2, 0.25) is 0 Å². The number of hydrogen-bond acceptors (Lipinski definition) is 4. The highest BCUT2D eigenvalue weighted by Crippen LogP contribution is 2.12. The van der Waals surface area contributed by atoms with Gasteiger partial charge < -0.3 is 10.1 Å². The van der Waals surface area contributed by atoms with E-state index in [4.69, 9.17) is 0 Å². The third-order valence-corrected chi connectivity index (χ3v) is 2.61. The second-order valence-corrected chi connectivity index (χ2v) is 3.56. The van der Waals surface area contributed by atoms with E-state index in [1.165, 1.54) is 7.11 Å². The maximum absolute atomic E-state index is 10.7. The number of methoxy groups -OCH3 is 1. The molecule has 0 aromatic rings. The molecule has 0 aromatic carbocycles. The molecule has 12 heavy (non-hydrogen) atoms. The summed E-state index contributed by atoms with van der Waals surface area (Å²) in [6.07, 6.45) is 0. The van der Waals surface area contributed by atoms with Crippen molar-refractivity contribution in [2.45, 2.75) is 13.0 Å². The first-order chi connectivity index (χ1) is 5.72. The Labute approximate surface area is 75.8 Å². The molecule has 1 saturated heterocycles. The molecule has 5 heteroatoms. The highest BCUT2D eigenvalue weighted by Gasteiger charge is 2.15. The van der Waals surface area contributed by atoms with Crippen LogP contribution in [0, 0.1) is 0 Å². The van der Waals surface area contributed by atoms with Crippen molar-refractivity contribution in [3.63, 3.8) is 0 Å². The Bertz CT molecular complexity index is 206. The lowest BCUT2D eigenvalue weighted by Crippen LogP contribution is -2.23. The zero-order valence-electron chi connectivity index (χ0n) is 7.16. The van der Waals surface area contributed by atoms with Gasteiger partial charge in [-0.3, -0.25) is 9.79 Å². The standard InChI is InChI=1S/C7H12N2O2S/c1-5-4-12-7(9-5)8-3-6(10)11-2/h5H,3-4H2,1-2H3,(H,8,9). The van der Waals surface area contributed by atoms with E-state index in [1.54, 1.807) is 11.8 Å². The molecule has 1 atom stereocenters. The van der Waals surface area contributed by atoms with Crippen molar-refractivity contribution in [3.8, 4) is 0 Å². The van der Waals surface area contributed by atoms with Crippen molar-refractivity contribution < 1.29 is 9.53 Å². The molecule has 1 unspecified atom stereocenters. The van der Waals surface area contributed by atoms with Crippen LogP contribution in [0.4, 0.5) is 0 Å². The van der Waals surface area contributed by atoms with Gasteiger partial charge in [-0.25, -0.2) is 0 Å². The van der Waals surface area contributed by atoms with E-state index >= 15 is 0 Å². The van der Waals surface area contributed by atoms with Crippen molar-refractivity contribution in [1.82, 2.24) is 5.32 Å². The van der Waals surface area contributed by atoms with Gasteiger partial charge in [0, 0.05) is 11.8 Å². The van der Waals surface area contributed by atoms with E-state index < -0.39 is 0 Å². The fourth-order valence-electron chi connectivity index (χ4n) is 0.790. The van der Waals surface area contributed by atoms with Crippen LogP contribution < -0.4 is 5.32 Å². The summed E-state index contributed by atoms with van der Waals surface area (Å²) in [5.74, 6) is 0.712. The van der Waals surface area contributed by atoms with E-state index in [0.717, 1.165) is 10.9 Å². The lowest BCUT2D eigenvalue weighted by atomic mass is 10.4. The number of ether oxygens (including phenoxy) is 1. The normalized spacial score (nSPS) is 25.5. The van der Waals surface area contributed by atoms with Gasteiger partial charge in [-0.15, -0.1) is 0 Å². The Hall–Kier alpha value is -0.710. The number of carbonyl (C=O) groups excluding carboxylic acids is 1. The molecule has 1 fully saturated rings. The Balaban J connectivity index is 2.33. The van der Waals surface area contributed by atoms with Gasteiger partial charge in [0.25, 0.3) is 0 Å². The maximum Gasteiger partial charge on any atom is 0.327 e. The first-order valence-electron chi connectivity index (χ1n) is 3.73. The number of hydrogen-bond donors (Lipinski definition) is 1. The summed E-state index contributed by atoms with van der Waals surface area (Å²) < 4.78 is 4.45. The molecule has 0 bridgehead atoms. The average Bonchev–Trinajstić information content (AvgIpc) is 2.47. The number of amidine groups is 1. The van der Waals surface area contributed by atoms with Crippen molar-refractivity contribution in [1.29, 1.82) is 0 Å². The first-order valence-corrected chi connectivity index (χ1v) is 4.71. The summed E-state index contributed by atoms with van der Waals surface area (Å²) in [5, 5.41) is 3.98. The van der Waals surface area contributed by atoms with Gasteiger partial charge in [0.2, 0.25) is 0 Å². The van der Waals surface area contributed by atoms with Crippen LogP contribution in [0.5, 0.6) is 0 Å². The average molecular weight is 188 g/mol. The molecule has 4 nitrogen and oxygen atoms in total. The highest BCUT2D eigenvalue weighted by atomic mass is 32.2. The van der Waals surface area contributed by atoms with Crippen LogP contribution in [-0.4, -0.2) is 36.6 Å². The molecule has 0 aliphatic carbocycles. The molecule has 1 N–H and O–H groups in total. The van der Waals surface area contributed by atoms with Crippen LogP contribution in [0.25, 0.3) is 0 Å². The van der Waals surface area contributed by atoms with Crippen LogP contribution in [0.3, 0.4) is 0 Å². The van der Waals surface area contributed by atoms with Crippen LogP contribution >= 0.6 is 11.8 Å². The minimum Gasteiger partial charge on any atom is -0.468 e. The number of thioether (sulfide) groups is 1. The molecular weight excluding hydrogens is 176 g/mol. The van der Waals surface area contributed by atoms with Gasteiger partial charge >= 0.3 is 5.97 Å². The fraction of sp³-hybridized carbons (Fsp3) is 0.714. The quantitative estimate of drug-likeness (QED) is 0.631. The SMILES string of the molecule is COC(=O)CN=C1NC(C)CS1. The third kappa shape index (κ3) is 2.73. The second-order valence-electron chi connectivity index (χ2n) is 2.55. The molecule has 0 radical (unpaired) electrons. The monoisotopic (exact) mass is 188 g/mol.